The fraction of sp³-hybridized carbons (Fsp3) is 0.227. The molecular formula is C22H21N3O3S. The van der Waals surface area contributed by atoms with E-state index in [9.17, 15) is 9.90 Å². The molecule has 0 atom stereocenters. The maximum Gasteiger partial charge on any atom is 0.357 e. The minimum atomic E-state index is -1.05. The smallest absolute Gasteiger partial charge is 0.357 e. The molecule has 0 bridgehead atoms. The number of aromatic nitrogens is 3. The summed E-state index contributed by atoms with van der Waals surface area (Å²) in [5.74, 6) is -0.0293. The number of nitrogens with zero attached hydrogens (tertiary/aromatic N) is 3. The van der Waals surface area contributed by atoms with Crippen molar-refractivity contribution < 1.29 is 14.6 Å². The van der Waals surface area contributed by atoms with Crippen LogP contribution in [0.5, 0.6) is 5.75 Å². The van der Waals surface area contributed by atoms with Crippen LogP contribution >= 0.6 is 11.3 Å². The number of fused-ring (bicyclic) bond motifs is 1. The van der Waals surface area contributed by atoms with E-state index in [1.165, 1.54) is 11.3 Å². The summed E-state index contributed by atoms with van der Waals surface area (Å²) in [7, 11) is 1.64. The molecule has 2 heterocycles. The molecule has 0 amide bonds. The molecule has 0 aliphatic carbocycles. The standard InChI is InChI=1S/C22H21N3O3S/c1-12(2)20-18(14-6-5-7-15(11-14)28-4)23-22(29-20)25-17-9-8-13(3)10-16(17)19(24-25)21(26)27/h5-12H,1-4H3,(H,26,27). The number of carboxylic acid groups (broad SMARTS) is 1. The van der Waals surface area contributed by atoms with Crippen LogP contribution in [0, 0.1) is 6.92 Å². The summed E-state index contributed by atoms with van der Waals surface area (Å²) in [5, 5.41) is 15.3. The van der Waals surface area contributed by atoms with Gasteiger partial charge in [0.2, 0.25) is 5.13 Å². The van der Waals surface area contributed by atoms with Crippen molar-refractivity contribution in [3.8, 4) is 22.1 Å². The van der Waals surface area contributed by atoms with Crippen molar-refractivity contribution >= 4 is 28.2 Å². The number of aryl methyl sites for hydroxylation is 1. The molecule has 1 N–H and O–H groups in total. The van der Waals surface area contributed by atoms with Gasteiger partial charge in [0.05, 0.1) is 18.3 Å². The quantitative estimate of drug-likeness (QED) is 0.486. The Morgan fingerprint density at radius 3 is 2.69 bits per heavy atom. The van der Waals surface area contributed by atoms with Crippen LogP contribution in [-0.2, 0) is 0 Å². The second kappa shape index (κ2) is 7.33. The van der Waals surface area contributed by atoms with E-state index < -0.39 is 5.97 Å². The highest BCUT2D eigenvalue weighted by Gasteiger charge is 2.22. The molecule has 0 fully saturated rings. The third-order valence-electron chi connectivity index (χ3n) is 4.73. The fourth-order valence-corrected chi connectivity index (χ4v) is 4.37. The Labute approximate surface area is 172 Å². The molecule has 0 saturated carbocycles. The molecule has 4 rings (SSSR count). The number of aromatic carboxylic acids is 1. The summed E-state index contributed by atoms with van der Waals surface area (Å²) in [5.41, 5.74) is 3.58. The number of rotatable bonds is 5. The van der Waals surface area contributed by atoms with Crippen molar-refractivity contribution in [2.45, 2.75) is 26.7 Å². The molecule has 0 saturated heterocycles. The Hall–Kier alpha value is -3.19. The lowest BCUT2D eigenvalue weighted by Crippen LogP contribution is -2.01. The number of methoxy groups -OCH3 is 1. The zero-order valence-corrected chi connectivity index (χ0v) is 17.4. The zero-order chi connectivity index (χ0) is 20.7. The highest BCUT2D eigenvalue weighted by molar-refractivity contribution is 7.14. The van der Waals surface area contributed by atoms with Gasteiger partial charge in [-0.3, -0.25) is 0 Å². The van der Waals surface area contributed by atoms with E-state index in [0.717, 1.165) is 33.0 Å². The summed E-state index contributed by atoms with van der Waals surface area (Å²) in [6.45, 7) is 6.17. The summed E-state index contributed by atoms with van der Waals surface area (Å²) < 4.78 is 7.00. The van der Waals surface area contributed by atoms with Crippen LogP contribution in [0.1, 0.15) is 40.7 Å². The Bertz CT molecular complexity index is 1220. The number of carboxylic acids is 1. The van der Waals surface area contributed by atoms with Crippen LogP contribution in [0.3, 0.4) is 0 Å². The Kier molecular flexibility index (Phi) is 4.84. The molecule has 4 aromatic rings. The Morgan fingerprint density at radius 1 is 1.21 bits per heavy atom. The van der Waals surface area contributed by atoms with Gasteiger partial charge in [-0.25, -0.2) is 14.5 Å². The van der Waals surface area contributed by atoms with E-state index in [1.54, 1.807) is 11.8 Å². The first-order valence-corrected chi connectivity index (χ1v) is 10.1. The van der Waals surface area contributed by atoms with Crippen LogP contribution in [0.2, 0.25) is 0 Å². The van der Waals surface area contributed by atoms with Crippen LogP contribution in [0.25, 0.3) is 27.3 Å². The van der Waals surface area contributed by atoms with Crippen molar-refractivity contribution in [3.63, 3.8) is 0 Å². The van der Waals surface area contributed by atoms with Crippen molar-refractivity contribution in [2.24, 2.45) is 0 Å². The van der Waals surface area contributed by atoms with Crippen molar-refractivity contribution in [2.75, 3.05) is 7.11 Å². The van der Waals surface area contributed by atoms with Gasteiger partial charge < -0.3 is 9.84 Å². The predicted octanol–water partition coefficient (Wildman–Crippen LogP) is 5.29. The molecule has 0 aliphatic rings. The second-order valence-electron chi connectivity index (χ2n) is 7.18. The van der Waals surface area contributed by atoms with Crippen LogP contribution in [-0.4, -0.2) is 33.0 Å². The van der Waals surface area contributed by atoms with Crippen LogP contribution < -0.4 is 4.74 Å². The lowest BCUT2D eigenvalue weighted by molar-refractivity contribution is 0.0692. The second-order valence-corrected chi connectivity index (χ2v) is 8.19. The SMILES string of the molecule is COc1cccc(-c2nc(-n3nc(C(=O)O)c4cc(C)ccc43)sc2C(C)C)c1. The van der Waals surface area contributed by atoms with E-state index in [4.69, 9.17) is 9.72 Å². The Balaban J connectivity index is 1.94. The number of thiazole rings is 1. The lowest BCUT2D eigenvalue weighted by atomic mass is 10.1. The van der Waals surface area contributed by atoms with E-state index in [1.807, 2.05) is 49.4 Å². The monoisotopic (exact) mass is 407 g/mol. The molecule has 2 aromatic carbocycles. The van der Waals surface area contributed by atoms with E-state index >= 15 is 0 Å². The molecule has 0 spiro atoms. The maximum absolute atomic E-state index is 11.7. The fourth-order valence-electron chi connectivity index (χ4n) is 3.32. The van der Waals surface area contributed by atoms with Crippen LogP contribution in [0.4, 0.5) is 0 Å². The number of carbonyl (C=O) groups is 1. The van der Waals surface area contributed by atoms with Gasteiger partial charge in [0.1, 0.15) is 5.75 Å². The normalized spacial score (nSPS) is 11.3. The first kappa shape index (κ1) is 19.1. The first-order valence-electron chi connectivity index (χ1n) is 9.27. The summed E-state index contributed by atoms with van der Waals surface area (Å²) in [4.78, 5) is 17.7. The van der Waals surface area contributed by atoms with Gasteiger partial charge in [-0.1, -0.05) is 48.9 Å². The molecule has 0 aliphatic heterocycles. The average Bonchev–Trinajstić information content (AvgIpc) is 3.29. The maximum atomic E-state index is 11.7. The number of hydrogen-bond acceptors (Lipinski definition) is 5. The van der Waals surface area contributed by atoms with Gasteiger partial charge in [0, 0.05) is 15.8 Å². The molecule has 7 heteroatoms. The van der Waals surface area contributed by atoms with Gasteiger partial charge in [-0.15, -0.1) is 0 Å². The van der Waals surface area contributed by atoms with Gasteiger partial charge in [-0.2, -0.15) is 5.10 Å². The largest absolute Gasteiger partial charge is 0.497 e. The first-order chi connectivity index (χ1) is 13.9. The number of hydrogen-bond donors (Lipinski definition) is 1. The molecule has 29 heavy (non-hydrogen) atoms. The zero-order valence-electron chi connectivity index (χ0n) is 16.6. The third kappa shape index (κ3) is 3.38. The van der Waals surface area contributed by atoms with Gasteiger partial charge in [0.25, 0.3) is 0 Å². The lowest BCUT2D eigenvalue weighted by Gasteiger charge is -2.06. The number of ether oxygens (including phenoxy) is 1. The summed E-state index contributed by atoms with van der Waals surface area (Å²) in [6.07, 6.45) is 0. The highest BCUT2D eigenvalue weighted by Crippen LogP contribution is 2.37. The molecule has 148 valence electrons. The van der Waals surface area contributed by atoms with Gasteiger partial charge >= 0.3 is 5.97 Å². The number of benzene rings is 2. The topological polar surface area (TPSA) is 77.2 Å². The summed E-state index contributed by atoms with van der Waals surface area (Å²) >= 11 is 1.53. The van der Waals surface area contributed by atoms with Gasteiger partial charge in [0.15, 0.2) is 5.69 Å². The minimum Gasteiger partial charge on any atom is -0.497 e. The highest BCUT2D eigenvalue weighted by atomic mass is 32.1. The van der Waals surface area contributed by atoms with Crippen molar-refractivity contribution in [1.82, 2.24) is 14.8 Å². The van der Waals surface area contributed by atoms with Gasteiger partial charge in [-0.05, 0) is 37.1 Å². The molecular weight excluding hydrogens is 386 g/mol. The molecule has 2 aromatic heterocycles. The van der Waals surface area contributed by atoms with Crippen molar-refractivity contribution in [3.05, 3.63) is 58.6 Å². The van der Waals surface area contributed by atoms with E-state index in [2.05, 4.69) is 18.9 Å². The minimum absolute atomic E-state index is 0.0351. The molecule has 6 nitrogen and oxygen atoms in total. The van der Waals surface area contributed by atoms with Crippen molar-refractivity contribution in [1.29, 1.82) is 0 Å². The Morgan fingerprint density at radius 2 is 2.00 bits per heavy atom. The van der Waals surface area contributed by atoms with E-state index in [0.29, 0.717) is 10.5 Å². The van der Waals surface area contributed by atoms with Crippen LogP contribution in [0.15, 0.2) is 42.5 Å². The predicted molar refractivity (Wildman–Crippen MR) is 115 cm³/mol. The molecule has 0 radical (unpaired) electrons. The third-order valence-corrected chi connectivity index (χ3v) is 6.06. The molecule has 0 unspecified atom stereocenters. The van der Waals surface area contributed by atoms with E-state index in [-0.39, 0.29) is 11.6 Å². The average molecular weight is 407 g/mol. The summed E-state index contributed by atoms with van der Waals surface area (Å²) in [6, 6.07) is 13.5.